The molecule has 3 heteroatoms. The van der Waals surface area contributed by atoms with Crippen molar-refractivity contribution >= 4 is 11.4 Å². The van der Waals surface area contributed by atoms with Crippen LogP contribution in [0.3, 0.4) is 0 Å². The number of nitrogens with two attached hydrogens (primary N) is 1. The summed E-state index contributed by atoms with van der Waals surface area (Å²) in [7, 11) is 0. The summed E-state index contributed by atoms with van der Waals surface area (Å²) in [4.78, 5) is 0. The van der Waals surface area contributed by atoms with Gasteiger partial charge in [0.15, 0.2) is 0 Å². The quantitative estimate of drug-likeness (QED) is 0.671. The number of nitrogen functional groups attached to an aromatic ring is 1. The van der Waals surface area contributed by atoms with E-state index in [4.69, 9.17) is 10.8 Å². The molecule has 0 aromatic heterocycles. The Kier molecular flexibility index (Phi) is 4.19. The molecule has 1 aromatic rings. The molecular formula is C13H22N2O. The number of aliphatic hydroxyl groups excluding tert-OH is 1. The maximum atomic E-state index is 9.05. The highest BCUT2D eigenvalue weighted by Gasteiger charge is 2.20. The molecule has 1 rings (SSSR count). The number of hydrogen-bond donors (Lipinski definition) is 3. The van der Waals surface area contributed by atoms with E-state index >= 15 is 0 Å². The van der Waals surface area contributed by atoms with Gasteiger partial charge in [-0.1, -0.05) is 6.92 Å². The van der Waals surface area contributed by atoms with Crippen molar-refractivity contribution in [2.75, 3.05) is 17.7 Å². The average molecular weight is 222 g/mol. The molecule has 3 nitrogen and oxygen atoms in total. The lowest BCUT2D eigenvalue weighted by Crippen LogP contribution is -2.35. The number of anilines is 2. The van der Waals surface area contributed by atoms with Gasteiger partial charge in [-0.15, -0.1) is 0 Å². The molecular weight excluding hydrogens is 200 g/mol. The predicted molar refractivity (Wildman–Crippen MR) is 69.6 cm³/mol. The molecule has 0 fully saturated rings. The van der Waals surface area contributed by atoms with Crippen molar-refractivity contribution in [2.24, 2.45) is 0 Å². The van der Waals surface area contributed by atoms with Crippen molar-refractivity contribution < 1.29 is 5.11 Å². The number of aliphatic hydroxyl groups is 1. The van der Waals surface area contributed by atoms with E-state index in [0.29, 0.717) is 0 Å². The summed E-state index contributed by atoms with van der Waals surface area (Å²) in [5.41, 5.74) is 8.66. The fourth-order valence-corrected chi connectivity index (χ4v) is 1.68. The Bertz CT molecular complexity index is 352. The van der Waals surface area contributed by atoms with Crippen LogP contribution in [0.25, 0.3) is 0 Å². The third-order valence-electron chi connectivity index (χ3n) is 3.16. The number of nitrogens with one attached hydrogen (secondary N) is 1. The van der Waals surface area contributed by atoms with Gasteiger partial charge in [-0.05, 0) is 50.5 Å². The summed E-state index contributed by atoms with van der Waals surface area (Å²) in [6, 6.07) is 5.93. The fourth-order valence-electron chi connectivity index (χ4n) is 1.68. The molecule has 1 atom stereocenters. The molecule has 1 unspecified atom stereocenters. The molecule has 0 spiro atoms. The van der Waals surface area contributed by atoms with Crippen LogP contribution in [-0.2, 0) is 0 Å². The van der Waals surface area contributed by atoms with E-state index in [1.54, 1.807) is 0 Å². The molecule has 4 N–H and O–H groups in total. The Hall–Kier alpha value is -1.22. The third kappa shape index (κ3) is 3.14. The summed E-state index contributed by atoms with van der Waals surface area (Å²) < 4.78 is 0. The molecule has 0 amide bonds. The molecule has 0 bridgehead atoms. The Morgan fingerprint density at radius 2 is 2.12 bits per heavy atom. The highest BCUT2D eigenvalue weighted by atomic mass is 16.3. The van der Waals surface area contributed by atoms with E-state index in [9.17, 15) is 0 Å². The predicted octanol–water partition coefficient (Wildman–Crippen LogP) is 2.54. The van der Waals surface area contributed by atoms with Crippen LogP contribution in [0.1, 0.15) is 32.3 Å². The minimum atomic E-state index is -0.0582. The van der Waals surface area contributed by atoms with Crippen LogP contribution < -0.4 is 11.1 Å². The Morgan fingerprint density at radius 3 is 2.62 bits per heavy atom. The maximum absolute atomic E-state index is 9.05. The van der Waals surface area contributed by atoms with E-state index < -0.39 is 0 Å². The van der Waals surface area contributed by atoms with Gasteiger partial charge in [-0.2, -0.15) is 0 Å². The fraction of sp³-hybridized carbons (Fsp3) is 0.538. The number of aryl methyl sites for hydroxylation is 1. The van der Waals surface area contributed by atoms with Crippen LogP contribution in [0.4, 0.5) is 11.4 Å². The Morgan fingerprint density at radius 1 is 1.44 bits per heavy atom. The van der Waals surface area contributed by atoms with E-state index in [2.05, 4.69) is 19.2 Å². The van der Waals surface area contributed by atoms with Gasteiger partial charge >= 0.3 is 0 Å². The molecule has 0 saturated carbocycles. The summed E-state index contributed by atoms with van der Waals surface area (Å²) in [5, 5.41) is 12.5. The van der Waals surface area contributed by atoms with Gasteiger partial charge in [-0.3, -0.25) is 0 Å². The van der Waals surface area contributed by atoms with Gasteiger partial charge in [0.1, 0.15) is 0 Å². The van der Waals surface area contributed by atoms with Crippen molar-refractivity contribution in [2.45, 2.75) is 39.2 Å². The first-order valence-electron chi connectivity index (χ1n) is 5.76. The van der Waals surface area contributed by atoms with E-state index in [-0.39, 0.29) is 12.1 Å². The first kappa shape index (κ1) is 12.8. The lowest BCUT2D eigenvalue weighted by molar-refractivity contribution is 0.252. The van der Waals surface area contributed by atoms with Gasteiger partial charge < -0.3 is 16.2 Å². The molecule has 90 valence electrons. The lowest BCUT2D eigenvalue weighted by atomic mass is 9.94. The number of rotatable bonds is 5. The van der Waals surface area contributed by atoms with Crippen LogP contribution in [0.2, 0.25) is 0 Å². The molecule has 0 heterocycles. The third-order valence-corrected chi connectivity index (χ3v) is 3.16. The smallest absolute Gasteiger partial charge is 0.0453 e. The van der Waals surface area contributed by atoms with Crippen LogP contribution >= 0.6 is 0 Å². The van der Waals surface area contributed by atoms with Gasteiger partial charge in [0.25, 0.3) is 0 Å². The van der Waals surface area contributed by atoms with Crippen molar-refractivity contribution in [1.29, 1.82) is 0 Å². The van der Waals surface area contributed by atoms with E-state index in [0.717, 1.165) is 29.8 Å². The highest BCUT2D eigenvalue weighted by Crippen LogP contribution is 2.24. The minimum Gasteiger partial charge on any atom is -0.399 e. The van der Waals surface area contributed by atoms with Crippen LogP contribution in [0, 0.1) is 6.92 Å². The highest BCUT2D eigenvalue weighted by molar-refractivity contribution is 5.57. The summed E-state index contributed by atoms with van der Waals surface area (Å²) in [6.07, 6.45) is 1.71. The second kappa shape index (κ2) is 5.21. The summed E-state index contributed by atoms with van der Waals surface area (Å²) in [5.74, 6) is 0. The monoisotopic (exact) mass is 222 g/mol. The first-order valence-corrected chi connectivity index (χ1v) is 5.76. The zero-order valence-corrected chi connectivity index (χ0v) is 10.4. The molecule has 0 radical (unpaired) electrons. The minimum absolute atomic E-state index is 0.0582. The average Bonchev–Trinajstić information content (AvgIpc) is 2.24. The zero-order valence-electron chi connectivity index (χ0n) is 10.4. The molecule has 0 saturated heterocycles. The number of benzene rings is 1. The maximum Gasteiger partial charge on any atom is 0.0453 e. The lowest BCUT2D eigenvalue weighted by Gasteiger charge is -2.30. The van der Waals surface area contributed by atoms with E-state index in [1.807, 2.05) is 25.1 Å². The van der Waals surface area contributed by atoms with Crippen molar-refractivity contribution in [3.8, 4) is 0 Å². The van der Waals surface area contributed by atoms with E-state index in [1.165, 1.54) is 0 Å². The zero-order chi connectivity index (χ0) is 12.2. The SMILES string of the molecule is CCC(C)(CCO)Nc1ccc(N)c(C)c1. The van der Waals surface area contributed by atoms with Crippen molar-refractivity contribution in [1.82, 2.24) is 0 Å². The topological polar surface area (TPSA) is 58.3 Å². The molecule has 0 aliphatic carbocycles. The summed E-state index contributed by atoms with van der Waals surface area (Å²) >= 11 is 0. The largest absolute Gasteiger partial charge is 0.399 e. The second-order valence-corrected chi connectivity index (χ2v) is 4.58. The molecule has 1 aromatic carbocycles. The van der Waals surface area contributed by atoms with Crippen LogP contribution in [0.5, 0.6) is 0 Å². The van der Waals surface area contributed by atoms with Crippen molar-refractivity contribution in [3.05, 3.63) is 23.8 Å². The van der Waals surface area contributed by atoms with Crippen LogP contribution in [-0.4, -0.2) is 17.3 Å². The Balaban J connectivity index is 2.81. The van der Waals surface area contributed by atoms with Gasteiger partial charge in [0, 0.05) is 23.5 Å². The Labute approximate surface area is 97.7 Å². The molecule has 0 aliphatic heterocycles. The molecule has 0 aliphatic rings. The van der Waals surface area contributed by atoms with Gasteiger partial charge in [0.05, 0.1) is 0 Å². The number of hydrogen-bond acceptors (Lipinski definition) is 3. The van der Waals surface area contributed by atoms with Gasteiger partial charge in [0.2, 0.25) is 0 Å². The first-order chi connectivity index (χ1) is 7.50. The normalized spacial score (nSPS) is 14.5. The summed E-state index contributed by atoms with van der Waals surface area (Å²) in [6.45, 7) is 6.43. The molecule has 16 heavy (non-hydrogen) atoms. The van der Waals surface area contributed by atoms with Gasteiger partial charge in [-0.25, -0.2) is 0 Å². The van der Waals surface area contributed by atoms with Crippen LogP contribution in [0.15, 0.2) is 18.2 Å². The van der Waals surface area contributed by atoms with Crippen molar-refractivity contribution in [3.63, 3.8) is 0 Å². The second-order valence-electron chi connectivity index (χ2n) is 4.58. The standard InChI is InChI=1S/C13H22N2O/c1-4-13(3,7-8-16)15-11-5-6-12(14)10(2)9-11/h5-6,9,15-16H,4,7-8,14H2,1-3H3.